The topological polar surface area (TPSA) is 18.5 Å². The monoisotopic (exact) mass is 694 g/mol. The van der Waals surface area contributed by atoms with Crippen molar-refractivity contribution in [1.29, 1.82) is 0 Å². The number of ether oxygens (including phenoxy) is 2. The number of allylic oxidation sites excluding steroid dienone is 4. The number of hydrogen-bond donors (Lipinski definition) is 0. The predicted molar refractivity (Wildman–Crippen MR) is 146 cm³/mol. The van der Waals surface area contributed by atoms with E-state index in [0.717, 1.165) is 0 Å². The fourth-order valence-corrected chi connectivity index (χ4v) is 4.56. The summed E-state index contributed by atoms with van der Waals surface area (Å²) in [5, 5.41) is 0. The van der Waals surface area contributed by atoms with E-state index in [9.17, 15) is 57.1 Å². The average Bonchev–Trinajstić information content (AvgIpc) is 2.93. The normalized spacial score (nSPS) is 16.8. The molecule has 2 unspecified atom stereocenters. The van der Waals surface area contributed by atoms with Crippen molar-refractivity contribution in [3.63, 3.8) is 0 Å². The van der Waals surface area contributed by atoms with Gasteiger partial charge in [-0.05, 0) is 67.3 Å². The molecule has 0 spiro atoms. The molecule has 15 heteroatoms. The molecule has 0 saturated heterocycles. The maximum atomic E-state index is 14.8. The Labute approximate surface area is 263 Å². The highest BCUT2D eigenvalue weighted by Crippen LogP contribution is 2.38. The lowest BCUT2D eigenvalue weighted by molar-refractivity contribution is -0.343. The summed E-state index contributed by atoms with van der Waals surface area (Å²) in [6.45, 7) is 1.71. The second-order valence-electron chi connectivity index (χ2n) is 10.1. The van der Waals surface area contributed by atoms with Gasteiger partial charge in [-0.1, -0.05) is 24.0 Å². The number of alkyl halides is 6. The lowest BCUT2D eigenvalue weighted by Gasteiger charge is -2.24. The first-order valence-electron chi connectivity index (χ1n) is 13.5. The van der Waals surface area contributed by atoms with E-state index in [1.165, 1.54) is 0 Å². The molecule has 0 fully saturated rings. The molecule has 0 amide bonds. The van der Waals surface area contributed by atoms with Gasteiger partial charge in [-0.25, -0.2) is 35.1 Å². The van der Waals surface area contributed by atoms with Crippen LogP contribution in [-0.2, 0) is 17.3 Å². The van der Waals surface area contributed by atoms with Crippen LogP contribution >= 0.6 is 0 Å². The highest BCUT2D eigenvalue weighted by molar-refractivity contribution is 5.77. The van der Waals surface area contributed by atoms with Crippen LogP contribution in [0.5, 0.6) is 5.75 Å². The van der Waals surface area contributed by atoms with E-state index in [2.05, 4.69) is 9.47 Å². The van der Waals surface area contributed by atoms with E-state index >= 15 is 0 Å². The quantitative estimate of drug-likeness (QED) is 0.133. The van der Waals surface area contributed by atoms with E-state index in [1.807, 2.05) is 11.8 Å². The Balaban J connectivity index is 1.56. The number of rotatable bonds is 8. The fourth-order valence-electron chi connectivity index (χ4n) is 4.56. The van der Waals surface area contributed by atoms with Crippen LogP contribution < -0.4 is 4.74 Å². The van der Waals surface area contributed by atoms with Gasteiger partial charge in [0.2, 0.25) is 0 Å². The zero-order chi connectivity index (χ0) is 35.6. The van der Waals surface area contributed by atoms with Gasteiger partial charge in [0.1, 0.15) is 52.0 Å². The van der Waals surface area contributed by atoms with Gasteiger partial charge >= 0.3 is 12.5 Å². The average molecular weight is 694 g/mol. The van der Waals surface area contributed by atoms with Gasteiger partial charge in [0, 0.05) is 17.7 Å². The van der Waals surface area contributed by atoms with Crippen molar-refractivity contribution in [3.05, 3.63) is 129 Å². The molecular formula is C33H19F13O2. The molecule has 2 nitrogen and oxygen atoms in total. The smallest absolute Gasteiger partial charge is 0.429 e. The molecule has 254 valence electrons. The van der Waals surface area contributed by atoms with Gasteiger partial charge in [0.05, 0.1) is 11.1 Å². The van der Waals surface area contributed by atoms with Crippen molar-refractivity contribution in [2.45, 2.75) is 44.5 Å². The molecular weight excluding hydrogens is 675 g/mol. The Bertz CT molecular complexity index is 1790. The van der Waals surface area contributed by atoms with E-state index in [4.69, 9.17) is 0 Å². The number of benzene rings is 3. The molecule has 3 aromatic carbocycles. The highest BCUT2D eigenvalue weighted by Gasteiger charge is 2.42. The molecule has 1 aliphatic rings. The molecule has 2 atom stereocenters. The lowest BCUT2D eigenvalue weighted by atomic mass is 9.94. The third kappa shape index (κ3) is 8.41. The second kappa shape index (κ2) is 14.2. The van der Waals surface area contributed by atoms with Crippen molar-refractivity contribution in [1.82, 2.24) is 0 Å². The third-order valence-corrected chi connectivity index (χ3v) is 6.61. The summed E-state index contributed by atoms with van der Waals surface area (Å²) in [6, 6.07) is 2.72. The van der Waals surface area contributed by atoms with E-state index in [-0.39, 0.29) is 36.3 Å². The summed E-state index contributed by atoms with van der Waals surface area (Å²) >= 11 is 0. The summed E-state index contributed by atoms with van der Waals surface area (Å²) < 4.78 is 190. The number of halogens is 13. The second-order valence-corrected chi connectivity index (χ2v) is 10.1. The summed E-state index contributed by atoms with van der Waals surface area (Å²) in [4.78, 5) is 0. The zero-order valence-electron chi connectivity index (χ0n) is 24.1. The summed E-state index contributed by atoms with van der Waals surface area (Å²) in [5.41, 5.74) is -5.32. The van der Waals surface area contributed by atoms with Gasteiger partial charge in [0.15, 0.2) is 12.3 Å². The van der Waals surface area contributed by atoms with Gasteiger partial charge in [-0.2, -0.15) is 8.78 Å². The van der Waals surface area contributed by atoms with Gasteiger partial charge < -0.3 is 4.74 Å². The maximum Gasteiger partial charge on any atom is 0.523 e. The lowest BCUT2D eigenvalue weighted by Crippen LogP contribution is -2.33. The standard InChI is InChI=1S/C33H19F13O2/c1-2-3-4-5-16-10-25(38)30(26(39)11-16)32(42,43)47-19-14-21(34)20(22(35)15-19)7-6-17-8-23(36)29(24(37)9-17)18-12-27(40)31(28(41)13-18)48-33(44,45)46/h2-3,8-15,27,31H,4-5H2,1H3/b3-2+. The SMILES string of the molecule is C/C=C/CCc1cc(F)c(C(F)(F)Oc2cc(F)c(C#Cc3cc(F)c(C4=CC(F)C(OC(F)(F)F)C(F)=C4)c(F)c3)c(F)c2)c(F)c1. The Hall–Kier alpha value is -4.71. The van der Waals surface area contributed by atoms with Crippen LogP contribution in [0.15, 0.2) is 66.5 Å². The van der Waals surface area contributed by atoms with Crippen LogP contribution in [0.4, 0.5) is 57.1 Å². The largest absolute Gasteiger partial charge is 0.523 e. The molecule has 0 N–H and O–H groups in total. The van der Waals surface area contributed by atoms with Gasteiger partial charge in [-0.15, -0.1) is 13.2 Å². The number of hydrogen-bond acceptors (Lipinski definition) is 2. The minimum absolute atomic E-state index is 0.0652. The van der Waals surface area contributed by atoms with E-state index in [1.54, 1.807) is 19.1 Å². The van der Waals surface area contributed by atoms with Crippen LogP contribution in [0.1, 0.15) is 41.2 Å². The minimum Gasteiger partial charge on any atom is -0.429 e. The molecule has 3 aromatic rings. The van der Waals surface area contributed by atoms with Gasteiger partial charge in [0.25, 0.3) is 0 Å². The van der Waals surface area contributed by atoms with Crippen molar-refractivity contribution >= 4 is 5.57 Å². The third-order valence-electron chi connectivity index (χ3n) is 6.61. The molecule has 48 heavy (non-hydrogen) atoms. The highest BCUT2D eigenvalue weighted by atomic mass is 19.4. The van der Waals surface area contributed by atoms with Crippen molar-refractivity contribution < 1.29 is 66.5 Å². The molecule has 0 aliphatic heterocycles. The minimum atomic E-state index is -5.42. The molecule has 0 saturated carbocycles. The molecule has 0 aromatic heterocycles. The molecule has 0 bridgehead atoms. The van der Waals surface area contributed by atoms with Gasteiger partial charge in [-0.3, -0.25) is 4.74 Å². The fraction of sp³-hybridized carbons (Fsp3) is 0.212. The summed E-state index contributed by atoms with van der Waals surface area (Å²) in [7, 11) is 0. The van der Waals surface area contributed by atoms with Crippen LogP contribution in [0.3, 0.4) is 0 Å². The van der Waals surface area contributed by atoms with Crippen molar-refractivity contribution in [2.24, 2.45) is 0 Å². The molecule has 4 rings (SSSR count). The summed E-state index contributed by atoms with van der Waals surface area (Å²) in [5.74, 6) is -8.75. The van der Waals surface area contributed by atoms with E-state index in [0.29, 0.717) is 30.7 Å². The Morgan fingerprint density at radius 1 is 0.771 bits per heavy atom. The van der Waals surface area contributed by atoms with Crippen LogP contribution in [0.2, 0.25) is 0 Å². The molecule has 0 radical (unpaired) electrons. The predicted octanol–water partition coefficient (Wildman–Crippen LogP) is 10.1. The summed E-state index contributed by atoms with van der Waals surface area (Å²) in [6.07, 6.45) is -11.3. The molecule has 1 aliphatic carbocycles. The first kappa shape index (κ1) is 36.1. The maximum absolute atomic E-state index is 14.8. The van der Waals surface area contributed by atoms with Crippen LogP contribution in [0.25, 0.3) is 5.57 Å². The first-order valence-corrected chi connectivity index (χ1v) is 13.5. The number of aryl methyl sites for hydroxylation is 1. The van der Waals surface area contributed by atoms with Crippen molar-refractivity contribution in [2.75, 3.05) is 0 Å². The Morgan fingerprint density at radius 2 is 1.35 bits per heavy atom. The van der Waals surface area contributed by atoms with Crippen LogP contribution in [0, 0.1) is 46.7 Å². The molecule has 0 heterocycles. The Kier molecular flexibility index (Phi) is 10.7. The first-order chi connectivity index (χ1) is 22.4. The Morgan fingerprint density at radius 3 is 1.88 bits per heavy atom. The van der Waals surface area contributed by atoms with E-state index < -0.39 is 99.1 Å². The van der Waals surface area contributed by atoms with Crippen molar-refractivity contribution in [3.8, 4) is 17.6 Å². The van der Waals surface area contributed by atoms with Crippen LogP contribution in [-0.4, -0.2) is 18.6 Å². The zero-order valence-corrected chi connectivity index (χ0v) is 24.1.